The lowest BCUT2D eigenvalue weighted by Crippen LogP contribution is -2.39. The number of aliphatic imine (C=N–C) groups is 1. The van der Waals surface area contributed by atoms with Gasteiger partial charge in [-0.05, 0) is 42.2 Å². The van der Waals surface area contributed by atoms with E-state index in [9.17, 15) is 9.59 Å². The molecule has 0 fully saturated rings. The van der Waals surface area contributed by atoms with Crippen LogP contribution in [-0.2, 0) is 9.59 Å². The maximum atomic E-state index is 12.5. The van der Waals surface area contributed by atoms with E-state index in [1.165, 1.54) is 0 Å². The molecular formula is C19H17ClN2O2. The van der Waals surface area contributed by atoms with Crippen LogP contribution in [0.3, 0.4) is 0 Å². The Balaban J connectivity index is 2.05. The molecule has 122 valence electrons. The number of carbonyl (C=O) groups excluding carboxylic acids is 2. The second-order valence-electron chi connectivity index (χ2n) is 5.95. The maximum absolute atomic E-state index is 12.5. The molecule has 2 atom stereocenters. The number of hydrogen-bond donors (Lipinski definition) is 1. The molecule has 2 amide bonds. The van der Waals surface area contributed by atoms with Gasteiger partial charge in [0.05, 0.1) is 5.71 Å². The Morgan fingerprint density at radius 2 is 1.83 bits per heavy atom. The summed E-state index contributed by atoms with van der Waals surface area (Å²) in [5.74, 6) is -2.35. The highest BCUT2D eigenvalue weighted by molar-refractivity contribution is 6.30. The number of carbonyl (C=O) groups is 2. The van der Waals surface area contributed by atoms with Crippen LogP contribution in [0.5, 0.6) is 0 Å². The number of nitrogens with two attached hydrogens (primary N) is 1. The van der Waals surface area contributed by atoms with Crippen molar-refractivity contribution in [3.8, 4) is 0 Å². The number of amides is 2. The van der Waals surface area contributed by atoms with E-state index >= 15 is 0 Å². The van der Waals surface area contributed by atoms with Crippen molar-refractivity contribution >= 4 is 29.1 Å². The summed E-state index contributed by atoms with van der Waals surface area (Å²) < 4.78 is 0. The zero-order valence-corrected chi connectivity index (χ0v) is 14.0. The van der Waals surface area contributed by atoms with Gasteiger partial charge in [-0.1, -0.05) is 48.0 Å². The quantitative estimate of drug-likeness (QED) is 0.871. The third-order valence-corrected chi connectivity index (χ3v) is 4.65. The molecule has 0 saturated carbocycles. The van der Waals surface area contributed by atoms with E-state index in [4.69, 9.17) is 17.3 Å². The minimum Gasteiger partial charge on any atom is -0.369 e. The lowest BCUT2D eigenvalue weighted by atomic mass is 9.77. The van der Waals surface area contributed by atoms with Crippen molar-refractivity contribution in [1.82, 2.24) is 0 Å². The zero-order valence-electron chi connectivity index (χ0n) is 13.2. The van der Waals surface area contributed by atoms with E-state index in [0.29, 0.717) is 17.2 Å². The van der Waals surface area contributed by atoms with Crippen LogP contribution in [0, 0.1) is 12.8 Å². The molecule has 1 aliphatic rings. The lowest BCUT2D eigenvalue weighted by molar-refractivity contribution is -0.132. The third-order valence-electron chi connectivity index (χ3n) is 4.40. The SMILES string of the molecule is Cc1ccccc1C1CC(c2ccc(Cl)cc2)=NC(=O)C1C(N)=O. The molecule has 0 spiro atoms. The van der Waals surface area contributed by atoms with Gasteiger partial charge in [-0.25, -0.2) is 4.99 Å². The number of primary amides is 1. The molecular weight excluding hydrogens is 324 g/mol. The Morgan fingerprint density at radius 1 is 1.17 bits per heavy atom. The molecule has 2 aromatic carbocycles. The lowest BCUT2D eigenvalue weighted by Gasteiger charge is -2.29. The minimum absolute atomic E-state index is 0.306. The summed E-state index contributed by atoms with van der Waals surface area (Å²) in [6.07, 6.45) is 0.478. The van der Waals surface area contributed by atoms with Crippen molar-refractivity contribution in [2.24, 2.45) is 16.6 Å². The molecule has 1 heterocycles. The first-order valence-corrected chi connectivity index (χ1v) is 8.07. The van der Waals surface area contributed by atoms with E-state index in [1.807, 2.05) is 43.3 Å². The summed E-state index contributed by atoms with van der Waals surface area (Å²) in [5, 5.41) is 0.618. The number of aryl methyl sites for hydroxylation is 1. The first-order chi connectivity index (χ1) is 11.5. The van der Waals surface area contributed by atoms with E-state index in [0.717, 1.165) is 16.7 Å². The average molecular weight is 341 g/mol. The fourth-order valence-corrected chi connectivity index (χ4v) is 3.31. The molecule has 0 aliphatic carbocycles. The number of benzene rings is 2. The van der Waals surface area contributed by atoms with Gasteiger partial charge in [0.25, 0.3) is 5.91 Å². The van der Waals surface area contributed by atoms with Gasteiger partial charge in [-0.3, -0.25) is 9.59 Å². The van der Waals surface area contributed by atoms with Crippen LogP contribution in [0.2, 0.25) is 5.02 Å². The molecule has 0 bridgehead atoms. The summed E-state index contributed by atoms with van der Waals surface area (Å²) in [7, 11) is 0. The van der Waals surface area contributed by atoms with E-state index in [-0.39, 0.29) is 5.92 Å². The summed E-state index contributed by atoms with van der Waals surface area (Å²) in [6.45, 7) is 1.96. The largest absolute Gasteiger partial charge is 0.369 e. The second kappa shape index (κ2) is 6.57. The number of halogens is 1. The predicted molar refractivity (Wildman–Crippen MR) is 94.2 cm³/mol. The Morgan fingerprint density at radius 3 is 2.46 bits per heavy atom. The topological polar surface area (TPSA) is 72.5 Å². The van der Waals surface area contributed by atoms with Gasteiger partial charge in [0.2, 0.25) is 5.91 Å². The number of nitrogens with zero attached hydrogens (tertiary/aromatic N) is 1. The first kappa shape index (κ1) is 16.4. The molecule has 1 aliphatic heterocycles. The molecule has 0 saturated heterocycles. The molecule has 5 heteroatoms. The molecule has 24 heavy (non-hydrogen) atoms. The zero-order chi connectivity index (χ0) is 17.3. The fourth-order valence-electron chi connectivity index (χ4n) is 3.18. The minimum atomic E-state index is -0.929. The Labute approximate surface area is 145 Å². The van der Waals surface area contributed by atoms with Crippen molar-refractivity contribution in [2.75, 3.05) is 0 Å². The highest BCUT2D eigenvalue weighted by Crippen LogP contribution is 2.36. The average Bonchev–Trinajstić information content (AvgIpc) is 2.55. The molecule has 4 nitrogen and oxygen atoms in total. The molecule has 2 unspecified atom stereocenters. The number of rotatable bonds is 3. The van der Waals surface area contributed by atoms with E-state index in [1.54, 1.807) is 12.1 Å². The van der Waals surface area contributed by atoms with E-state index < -0.39 is 17.7 Å². The van der Waals surface area contributed by atoms with Crippen LogP contribution >= 0.6 is 11.6 Å². The van der Waals surface area contributed by atoms with Crippen molar-refractivity contribution < 1.29 is 9.59 Å². The predicted octanol–water partition coefficient (Wildman–Crippen LogP) is 3.25. The van der Waals surface area contributed by atoms with Gasteiger partial charge in [0, 0.05) is 10.9 Å². The van der Waals surface area contributed by atoms with Crippen LogP contribution in [0.1, 0.15) is 29.0 Å². The first-order valence-electron chi connectivity index (χ1n) is 7.69. The summed E-state index contributed by atoms with van der Waals surface area (Å²) in [4.78, 5) is 28.5. The third kappa shape index (κ3) is 3.10. The number of hydrogen-bond acceptors (Lipinski definition) is 2. The van der Waals surface area contributed by atoms with Gasteiger partial charge in [0.1, 0.15) is 5.92 Å². The van der Waals surface area contributed by atoms with Gasteiger partial charge in [-0.15, -0.1) is 0 Å². The van der Waals surface area contributed by atoms with Gasteiger partial charge in [0.15, 0.2) is 0 Å². The molecule has 3 rings (SSSR count). The van der Waals surface area contributed by atoms with Gasteiger partial charge >= 0.3 is 0 Å². The second-order valence-corrected chi connectivity index (χ2v) is 6.39. The monoisotopic (exact) mass is 340 g/mol. The van der Waals surface area contributed by atoms with Crippen LogP contribution < -0.4 is 5.73 Å². The standard InChI is InChI=1S/C19H17ClN2O2/c1-11-4-2-3-5-14(11)15-10-16(12-6-8-13(20)9-7-12)22-19(24)17(15)18(21)23/h2-9,15,17H,10H2,1H3,(H2,21,23). The van der Waals surface area contributed by atoms with Crippen LogP contribution in [0.4, 0.5) is 0 Å². The highest BCUT2D eigenvalue weighted by atomic mass is 35.5. The van der Waals surface area contributed by atoms with Crippen molar-refractivity contribution in [3.63, 3.8) is 0 Å². The van der Waals surface area contributed by atoms with Crippen molar-refractivity contribution in [3.05, 3.63) is 70.2 Å². The molecule has 2 aromatic rings. The van der Waals surface area contributed by atoms with Crippen LogP contribution in [0.25, 0.3) is 0 Å². The maximum Gasteiger partial charge on any atom is 0.259 e. The van der Waals surface area contributed by atoms with Crippen molar-refractivity contribution in [1.29, 1.82) is 0 Å². The van der Waals surface area contributed by atoms with Crippen molar-refractivity contribution in [2.45, 2.75) is 19.3 Å². The Bertz CT molecular complexity index is 828. The van der Waals surface area contributed by atoms with E-state index in [2.05, 4.69) is 4.99 Å². The summed E-state index contributed by atoms with van der Waals surface area (Å²) in [6, 6.07) is 14.9. The Hall–Kier alpha value is -2.46. The normalized spacial score (nSPS) is 20.6. The fraction of sp³-hybridized carbons (Fsp3) is 0.211. The molecule has 0 radical (unpaired) electrons. The highest BCUT2D eigenvalue weighted by Gasteiger charge is 2.39. The van der Waals surface area contributed by atoms with Gasteiger partial charge in [-0.2, -0.15) is 0 Å². The smallest absolute Gasteiger partial charge is 0.259 e. The summed E-state index contributed by atoms with van der Waals surface area (Å²) in [5.41, 5.74) is 8.96. The van der Waals surface area contributed by atoms with Crippen LogP contribution in [0.15, 0.2) is 53.5 Å². The van der Waals surface area contributed by atoms with Crippen LogP contribution in [-0.4, -0.2) is 17.5 Å². The van der Waals surface area contributed by atoms with Gasteiger partial charge < -0.3 is 5.73 Å². The molecule has 2 N–H and O–H groups in total. The molecule has 0 aromatic heterocycles. The Kier molecular flexibility index (Phi) is 4.49. The summed E-state index contributed by atoms with van der Waals surface area (Å²) >= 11 is 5.92.